The molecule has 0 saturated heterocycles. The predicted molar refractivity (Wildman–Crippen MR) is 96.3 cm³/mol. The Hall–Kier alpha value is -1.98. The zero-order valence-corrected chi connectivity index (χ0v) is 14.4. The minimum atomic E-state index is -0.119. The summed E-state index contributed by atoms with van der Waals surface area (Å²) in [5.74, 6) is 0.0513. The Morgan fingerprint density at radius 3 is 2.39 bits per heavy atom. The lowest BCUT2D eigenvalue weighted by atomic mass is 10.2. The Labute approximate surface area is 144 Å². The standard InChI is InChI=1S/C17H17ClN2O2S/c1-11-3-8-16(15(18)9-11)20-17(22)10-23-14-6-4-13(5-7-14)19-12(2)21/h3-9H,10H2,1-2H3,(H,19,21)(H,20,22). The van der Waals surface area contributed by atoms with Crippen molar-refractivity contribution in [3.05, 3.63) is 53.1 Å². The highest BCUT2D eigenvalue weighted by Gasteiger charge is 2.07. The molecule has 0 heterocycles. The number of hydrogen-bond acceptors (Lipinski definition) is 3. The molecular weight excluding hydrogens is 332 g/mol. The van der Waals surface area contributed by atoms with Crippen molar-refractivity contribution >= 4 is 46.6 Å². The third-order valence-corrected chi connectivity index (χ3v) is 4.27. The van der Waals surface area contributed by atoms with E-state index < -0.39 is 0 Å². The van der Waals surface area contributed by atoms with E-state index in [0.29, 0.717) is 10.7 Å². The van der Waals surface area contributed by atoms with Crippen LogP contribution in [0.2, 0.25) is 5.02 Å². The van der Waals surface area contributed by atoms with Crippen molar-refractivity contribution in [1.82, 2.24) is 0 Å². The summed E-state index contributed by atoms with van der Waals surface area (Å²) in [6, 6.07) is 12.8. The molecule has 2 N–H and O–H groups in total. The van der Waals surface area contributed by atoms with Crippen LogP contribution in [0.3, 0.4) is 0 Å². The summed E-state index contributed by atoms with van der Waals surface area (Å²) < 4.78 is 0. The van der Waals surface area contributed by atoms with E-state index >= 15 is 0 Å². The maximum absolute atomic E-state index is 12.0. The minimum Gasteiger partial charge on any atom is -0.326 e. The van der Waals surface area contributed by atoms with Gasteiger partial charge in [0.2, 0.25) is 11.8 Å². The normalized spacial score (nSPS) is 10.2. The molecule has 0 bridgehead atoms. The molecule has 0 radical (unpaired) electrons. The summed E-state index contributed by atoms with van der Waals surface area (Å²) in [7, 11) is 0. The Morgan fingerprint density at radius 2 is 1.78 bits per heavy atom. The van der Waals surface area contributed by atoms with Crippen molar-refractivity contribution in [2.75, 3.05) is 16.4 Å². The van der Waals surface area contributed by atoms with E-state index in [1.165, 1.54) is 18.7 Å². The zero-order valence-electron chi connectivity index (χ0n) is 12.9. The largest absolute Gasteiger partial charge is 0.326 e. The number of carbonyl (C=O) groups is 2. The van der Waals surface area contributed by atoms with Crippen LogP contribution in [0.15, 0.2) is 47.4 Å². The molecule has 0 fully saturated rings. The molecule has 0 aliphatic heterocycles. The third kappa shape index (κ3) is 5.62. The van der Waals surface area contributed by atoms with Crippen LogP contribution in [0.1, 0.15) is 12.5 Å². The van der Waals surface area contributed by atoms with Crippen molar-refractivity contribution in [2.24, 2.45) is 0 Å². The highest BCUT2D eigenvalue weighted by molar-refractivity contribution is 8.00. The SMILES string of the molecule is CC(=O)Nc1ccc(SCC(=O)Nc2ccc(C)cc2Cl)cc1. The van der Waals surface area contributed by atoms with Crippen molar-refractivity contribution in [1.29, 1.82) is 0 Å². The lowest BCUT2D eigenvalue weighted by Gasteiger charge is -2.08. The van der Waals surface area contributed by atoms with E-state index in [2.05, 4.69) is 10.6 Å². The highest BCUT2D eigenvalue weighted by Crippen LogP contribution is 2.24. The lowest BCUT2D eigenvalue weighted by molar-refractivity contribution is -0.114. The van der Waals surface area contributed by atoms with Gasteiger partial charge in [-0.05, 0) is 48.9 Å². The molecule has 0 spiro atoms. The van der Waals surface area contributed by atoms with Crippen LogP contribution in [0.5, 0.6) is 0 Å². The minimum absolute atomic E-state index is 0.111. The maximum Gasteiger partial charge on any atom is 0.234 e. The van der Waals surface area contributed by atoms with E-state index in [1.807, 2.05) is 31.2 Å². The fraction of sp³-hybridized carbons (Fsp3) is 0.176. The van der Waals surface area contributed by atoms with Crippen LogP contribution in [0.4, 0.5) is 11.4 Å². The average Bonchev–Trinajstić information content (AvgIpc) is 2.49. The fourth-order valence-electron chi connectivity index (χ4n) is 1.89. The van der Waals surface area contributed by atoms with Crippen molar-refractivity contribution < 1.29 is 9.59 Å². The predicted octanol–water partition coefficient (Wildman–Crippen LogP) is 4.34. The Bertz CT molecular complexity index is 717. The number of rotatable bonds is 5. The van der Waals surface area contributed by atoms with Gasteiger partial charge >= 0.3 is 0 Å². The molecule has 6 heteroatoms. The number of halogens is 1. The highest BCUT2D eigenvalue weighted by atomic mass is 35.5. The van der Waals surface area contributed by atoms with Crippen LogP contribution in [-0.4, -0.2) is 17.6 Å². The van der Waals surface area contributed by atoms with Gasteiger partial charge in [-0.2, -0.15) is 0 Å². The number of carbonyl (C=O) groups excluding carboxylic acids is 2. The van der Waals surface area contributed by atoms with E-state index in [0.717, 1.165) is 16.1 Å². The first-order valence-corrected chi connectivity index (χ1v) is 8.37. The molecule has 4 nitrogen and oxygen atoms in total. The van der Waals surface area contributed by atoms with E-state index in [1.54, 1.807) is 18.2 Å². The molecule has 2 aromatic carbocycles. The summed E-state index contributed by atoms with van der Waals surface area (Å²) in [5.41, 5.74) is 2.39. The van der Waals surface area contributed by atoms with E-state index in [9.17, 15) is 9.59 Å². The molecule has 23 heavy (non-hydrogen) atoms. The molecule has 0 aliphatic rings. The second-order valence-corrected chi connectivity index (χ2v) is 6.48. The second-order valence-electron chi connectivity index (χ2n) is 5.03. The van der Waals surface area contributed by atoms with Gasteiger partial charge in [0.15, 0.2) is 0 Å². The first-order chi connectivity index (χ1) is 10.9. The van der Waals surface area contributed by atoms with Crippen LogP contribution < -0.4 is 10.6 Å². The number of amides is 2. The molecule has 0 aromatic heterocycles. The summed E-state index contributed by atoms with van der Waals surface area (Å²) in [6.07, 6.45) is 0. The summed E-state index contributed by atoms with van der Waals surface area (Å²) in [5, 5.41) is 6.03. The smallest absolute Gasteiger partial charge is 0.234 e. The monoisotopic (exact) mass is 348 g/mol. The molecule has 2 amide bonds. The summed E-state index contributed by atoms with van der Waals surface area (Å²) >= 11 is 7.51. The van der Waals surface area contributed by atoms with Gasteiger partial charge in [-0.15, -0.1) is 11.8 Å². The molecular formula is C17H17ClN2O2S. The molecule has 2 rings (SSSR count). The van der Waals surface area contributed by atoms with Gasteiger partial charge in [-0.1, -0.05) is 17.7 Å². The Morgan fingerprint density at radius 1 is 1.09 bits per heavy atom. The molecule has 0 aliphatic carbocycles. The van der Waals surface area contributed by atoms with Gasteiger partial charge < -0.3 is 10.6 Å². The molecule has 120 valence electrons. The lowest BCUT2D eigenvalue weighted by Crippen LogP contribution is -2.14. The number of anilines is 2. The van der Waals surface area contributed by atoms with Crippen molar-refractivity contribution in [3.8, 4) is 0 Å². The summed E-state index contributed by atoms with van der Waals surface area (Å²) in [4.78, 5) is 23.9. The number of hydrogen-bond donors (Lipinski definition) is 2. The van der Waals surface area contributed by atoms with Crippen LogP contribution in [0.25, 0.3) is 0 Å². The van der Waals surface area contributed by atoms with Gasteiger partial charge in [-0.25, -0.2) is 0 Å². The first kappa shape index (κ1) is 17.4. The third-order valence-electron chi connectivity index (χ3n) is 2.94. The first-order valence-electron chi connectivity index (χ1n) is 7.00. The number of benzene rings is 2. The van der Waals surface area contributed by atoms with Gasteiger partial charge in [0.1, 0.15) is 0 Å². The molecule has 0 atom stereocenters. The number of thioether (sulfide) groups is 1. The number of aryl methyl sites for hydroxylation is 1. The fourth-order valence-corrected chi connectivity index (χ4v) is 2.88. The maximum atomic E-state index is 12.0. The zero-order chi connectivity index (χ0) is 16.8. The second kappa shape index (κ2) is 8.04. The van der Waals surface area contributed by atoms with Crippen LogP contribution in [0, 0.1) is 6.92 Å². The average molecular weight is 349 g/mol. The van der Waals surface area contributed by atoms with E-state index in [-0.39, 0.29) is 17.6 Å². The van der Waals surface area contributed by atoms with Crippen LogP contribution in [-0.2, 0) is 9.59 Å². The quantitative estimate of drug-likeness (QED) is 0.790. The van der Waals surface area contributed by atoms with Gasteiger partial charge in [0.05, 0.1) is 16.5 Å². The number of nitrogens with one attached hydrogen (secondary N) is 2. The Balaban J connectivity index is 1.87. The van der Waals surface area contributed by atoms with Crippen LogP contribution >= 0.6 is 23.4 Å². The van der Waals surface area contributed by atoms with Crippen molar-refractivity contribution in [2.45, 2.75) is 18.7 Å². The molecule has 0 unspecified atom stereocenters. The Kier molecular flexibility index (Phi) is 6.07. The summed E-state index contributed by atoms with van der Waals surface area (Å²) in [6.45, 7) is 3.40. The van der Waals surface area contributed by atoms with Gasteiger partial charge in [0.25, 0.3) is 0 Å². The molecule has 0 saturated carbocycles. The molecule has 2 aromatic rings. The van der Waals surface area contributed by atoms with E-state index in [4.69, 9.17) is 11.6 Å². The van der Waals surface area contributed by atoms with Gasteiger partial charge in [0, 0.05) is 17.5 Å². The topological polar surface area (TPSA) is 58.2 Å². The van der Waals surface area contributed by atoms with Crippen molar-refractivity contribution in [3.63, 3.8) is 0 Å². The van der Waals surface area contributed by atoms with Gasteiger partial charge in [-0.3, -0.25) is 9.59 Å².